The lowest BCUT2D eigenvalue weighted by atomic mass is 10.3. The van der Waals surface area contributed by atoms with Crippen molar-refractivity contribution in [1.29, 1.82) is 0 Å². The van der Waals surface area contributed by atoms with Crippen molar-refractivity contribution in [1.82, 2.24) is 10.6 Å². The van der Waals surface area contributed by atoms with Crippen molar-refractivity contribution in [2.24, 2.45) is 0 Å². The lowest BCUT2D eigenvalue weighted by molar-refractivity contribution is -0.115. The van der Waals surface area contributed by atoms with Crippen molar-refractivity contribution >= 4 is 18.0 Å². The van der Waals surface area contributed by atoms with Crippen LogP contribution in [0.5, 0.6) is 0 Å². The molecule has 0 aliphatic carbocycles. The number of hydrogen-bond acceptors (Lipinski definition) is 3. The third-order valence-corrected chi connectivity index (χ3v) is 1.57. The number of rotatable bonds is 1. The summed E-state index contributed by atoms with van der Waals surface area (Å²) in [4.78, 5) is 21.7. The SMILES string of the molecule is O=C1NC(=O)C(=Cc2ccoc2)N1. The quantitative estimate of drug-likeness (QED) is 0.484. The summed E-state index contributed by atoms with van der Waals surface area (Å²) in [5.74, 6) is -0.425. The minimum absolute atomic E-state index is 0.228. The van der Waals surface area contributed by atoms with Crippen molar-refractivity contribution in [3.8, 4) is 0 Å². The van der Waals surface area contributed by atoms with E-state index < -0.39 is 11.9 Å². The van der Waals surface area contributed by atoms with Gasteiger partial charge in [-0.05, 0) is 12.1 Å². The Kier molecular flexibility index (Phi) is 1.63. The Hall–Kier alpha value is -2.04. The van der Waals surface area contributed by atoms with Gasteiger partial charge >= 0.3 is 6.03 Å². The molecule has 0 radical (unpaired) electrons. The van der Waals surface area contributed by atoms with Crippen molar-refractivity contribution in [3.05, 3.63) is 29.9 Å². The van der Waals surface area contributed by atoms with Crippen LogP contribution < -0.4 is 10.6 Å². The molecule has 0 saturated carbocycles. The first-order valence-corrected chi connectivity index (χ1v) is 3.62. The molecule has 0 aromatic carbocycles. The maximum absolute atomic E-state index is 11.0. The zero-order valence-corrected chi connectivity index (χ0v) is 6.53. The molecule has 1 fully saturated rings. The van der Waals surface area contributed by atoms with Gasteiger partial charge in [-0.2, -0.15) is 0 Å². The number of carbonyl (C=O) groups is 2. The first-order valence-electron chi connectivity index (χ1n) is 3.62. The molecule has 5 nitrogen and oxygen atoms in total. The Labute approximate surface area is 73.4 Å². The summed E-state index contributed by atoms with van der Waals surface area (Å²) >= 11 is 0. The zero-order chi connectivity index (χ0) is 9.26. The largest absolute Gasteiger partial charge is 0.472 e. The molecule has 2 heterocycles. The fourth-order valence-corrected chi connectivity index (χ4v) is 1.01. The van der Waals surface area contributed by atoms with Gasteiger partial charge < -0.3 is 9.73 Å². The van der Waals surface area contributed by atoms with Crippen LogP contribution in [0.3, 0.4) is 0 Å². The molecular formula is C8H6N2O3. The van der Waals surface area contributed by atoms with Crippen LogP contribution in [0.25, 0.3) is 6.08 Å². The number of furan rings is 1. The van der Waals surface area contributed by atoms with Crippen LogP contribution in [0.2, 0.25) is 0 Å². The molecule has 0 unspecified atom stereocenters. The Morgan fingerprint density at radius 2 is 2.15 bits per heavy atom. The van der Waals surface area contributed by atoms with Gasteiger partial charge in [0.05, 0.1) is 12.5 Å². The van der Waals surface area contributed by atoms with Gasteiger partial charge in [0.25, 0.3) is 5.91 Å². The first kappa shape index (κ1) is 7.60. The van der Waals surface area contributed by atoms with Crippen molar-refractivity contribution in [3.63, 3.8) is 0 Å². The second kappa shape index (κ2) is 2.78. The molecule has 2 rings (SSSR count). The topological polar surface area (TPSA) is 71.3 Å². The molecule has 1 aliphatic rings. The van der Waals surface area contributed by atoms with Crippen molar-refractivity contribution < 1.29 is 14.0 Å². The van der Waals surface area contributed by atoms with Gasteiger partial charge in [-0.25, -0.2) is 4.79 Å². The minimum atomic E-state index is -0.500. The van der Waals surface area contributed by atoms with Crippen molar-refractivity contribution in [2.45, 2.75) is 0 Å². The second-order valence-corrected chi connectivity index (χ2v) is 2.52. The molecule has 1 aliphatic heterocycles. The molecule has 0 bridgehead atoms. The van der Waals surface area contributed by atoms with Crippen LogP contribution >= 0.6 is 0 Å². The Morgan fingerprint density at radius 1 is 1.31 bits per heavy atom. The second-order valence-electron chi connectivity index (χ2n) is 2.52. The Morgan fingerprint density at radius 3 is 2.69 bits per heavy atom. The lowest BCUT2D eigenvalue weighted by Gasteiger charge is -1.89. The van der Waals surface area contributed by atoms with Crippen LogP contribution in [0, 0.1) is 0 Å². The highest BCUT2D eigenvalue weighted by atomic mass is 16.3. The van der Waals surface area contributed by atoms with E-state index in [1.807, 2.05) is 0 Å². The summed E-state index contributed by atoms with van der Waals surface area (Å²) in [7, 11) is 0. The number of imide groups is 1. The maximum Gasteiger partial charge on any atom is 0.326 e. The van der Waals surface area contributed by atoms with Crippen LogP contribution in [0.15, 0.2) is 28.7 Å². The van der Waals surface area contributed by atoms with E-state index in [-0.39, 0.29) is 5.70 Å². The van der Waals surface area contributed by atoms with Gasteiger partial charge in [0.1, 0.15) is 5.70 Å². The van der Waals surface area contributed by atoms with Crippen LogP contribution in [0.1, 0.15) is 5.56 Å². The zero-order valence-electron chi connectivity index (χ0n) is 6.53. The van der Waals surface area contributed by atoms with E-state index in [1.54, 1.807) is 6.07 Å². The number of urea groups is 1. The van der Waals surface area contributed by atoms with E-state index in [0.29, 0.717) is 0 Å². The van der Waals surface area contributed by atoms with Crippen LogP contribution in [-0.4, -0.2) is 11.9 Å². The highest BCUT2D eigenvalue weighted by molar-refractivity contribution is 6.13. The molecule has 2 N–H and O–H groups in total. The molecule has 0 atom stereocenters. The van der Waals surface area contributed by atoms with E-state index in [9.17, 15) is 9.59 Å². The Balaban J connectivity index is 2.27. The fourth-order valence-electron chi connectivity index (χ4n) is 1.01. The van der Waals surface area contributed by atoms with Gasteiger partial charge in [0.2, 0.25) is 0 Å². The summed E-state index contributed by atoms with van der Waals surface area (Å²) in [6.07, 6.45) is 4.50. The molecule has 1 aromatic heterocycles. The van der Waals surface area contributed by atoms with Gasteiger partial charge in [-0.3, -0.25) is 10.1 Å². The molecule has 66 valence electrons. The van der Waals surface area contributed by atoms with Crippen LogP contribution in [-0.2, 0) is 4.79 Å². The van der Waals surface area contributed by atoms with E-state index in [1.165, 1.54) is 18.6 Å². The molecule has 5 heteroatoms. The highest BCUT2D eigenvalue weighted by Gasteiger charge is 2.22. The molecule has 0 spiro atoms. The summed E-state index contributed by atoms with van der Waals surface area (Å²) in [6, 6.07) is 1.19. The van der Waals surface area contributed by atoms with Crippen molar-refractivity contribution in [2.75, 3.05) is 0 Å². The number of carbonyl (C=O) groups excluding carboxylic acids is 2. The van der Waals surface area contributed by atoms with E-state index >= 15 is 0 Å². The summed E-state index contributed by atoms with van der Waals surface area (Å²) in [5, 5.41) is 4.45. The number of hydrogen-bond donors (Lipinski definition) is 2. The van der Waals surface area contributed by atoms with Crippen LogP contribution in [0.4, 0.5) is 4.79 Å². The third kappa shape index (κ3) is 1.44. The molecule has 3 amide bonds. The minimum Gasteiger partial charge on any atom is -0.472 e. The highest BCUT2D eigenvalue weighted by Crippen LogP contribution is 2.07. The van der Waals surface area contributed by atoms with Gasteiger partial charge in [-0.15, -0.1) is 0 Å². The first-order chi connectivity index (χ1) is 6.25. The normalized spacial score (nSPS) is 18.9. The third-order valence-electron chi connectivity index (χ3n) is 1.57. The number of amides is 3. The summed E-state index contributed by atoms with van der Waals surface area (Å²) in [6.45, 7) is 0. The lowest BCUT2D eigenvalue weighted by Crippen LogP contribution is -2.22. The molecule has 1 aromatic rings. The van der Waals surface area contributed by atoms with Gasteiger partial charge in [0.15, 0.2) is 0 Å². The number of nitrogens with one attached hydrogen (secondary N) is 2. The smallest absolute Gasteiger partial charge is 0.326 e. The molecule has 1 saturated heterocycles. The van der Waals surface area contributed by atoms with E-state index in [4.69, 9.17) is 4.42 Å². The average molecular weight is 178 g/mol. The molecular weight excluding hydrogens is 172 g/mol. The predicted octanol–water partition coefficient (Wildman–Crippen LogP) is 0.460. The predicted molar refractivity (Wildman–Crippen MR) is 43.4 cm³/mol. The average Bonchev–Trinajstić information content (AvgIpc) is 2.63. The monoisotopic (exact) mass is 178 g/mol. The van der Waals surface area contributed by atoms with E-state index in [0.717, 1.165) is 5.56 Å². The standard InChI is InChI=1S/C8H6N2O3/c11-7-6(9-8(12)10-7)3-5-1-2-13-4-5/h1-4H,(H2,9,10,11,12). The molecule has 13 heavy (non-hydrogen) atoms. The Bertz CT molecular complexity index is 378. The van der Waals surface area contributed by atoms with E-state index in [2.05, 4.69) is 10.6 Å². The maximum atomic E-state index is 11.0. The van der Waals surface area contributed by atoms with Gasteiger partial charge in [0, 0.05) is 5.56 Å². The fraction of sp³-hybridized carbons (Fsp3) is 0. The van der Waals surface area contributed by atoms with Gasteiger partial charge in [-0.1, -0.05) is 0 Å². The summed E-state index contributed by atoms with van der Waals surface area (Å²) < 4.78 is 4.80. The summed E-state index contributed by atoms with van der Waals surface area (Å²) in [5.41, 5.74) is 0.957.